The largest absolute Gasteiger partial charge is 0.493 e. The standard InChI is InChI=1S/C25H29ClN2O4/c1-6-12-25(13-7-2,18-9-11-21(31-4)22(14-18)32-5)16-27-23(29)24(30)28-19-10-8-17(3)20(26)15-19/h6-11,14-15H,1-2,12-13,16H2,3-5H3,(H,27,29)(H,28,30). The van der Waals surface area contributed by atoms with Crippen LogP contribution in [0.15, 0.2) is 61.7 Å². The fourth-order valence-corrected chi connectivity index (χ4v) is 3.65. The molecule has 2 N–H and O–H groups in total. The Kier molecular flexibility index (Phi) is 8.91. The lowest BCUT2D eigenvalue weighted by Gasteiger charge is -2.33. The second kappa shape index (κ2) is 11.4. The molecular formula is C25H29ClN2O4. The molecule has 0 saturated heterocycles. The summed E-state index contributed by atoms with van der Waals surface area (Å²) in [5.74, 6) is -0.353. The molecule has 0 atom stereocenters. The third-order valence-corrected chi connectivity index (χ3v) is 5.70. The number of carbonyl (C=O) groups excluding carboxylic acids is 2. The van der Waals surface area contributed by atoms with Gasteiger partial charge in [-0.15, -0.1) is 13.2 Å². The molecule has 0 saturated carbocycles. The third-order valence-electron chi connectivity index (χ3n) is 5.29. The van der Waals surface area contributed by atoms with Crippen LogP contribution in [0.4, 0.5) is 5.69 Å². The summed E-state index contributed by atoms with van der Waals surface area (Å²) in [6.45, 7) is 9.79. The van der Waals surface area contributed by atoms with Crippen LogP contribution < -0.4 is 20.1 Å². The second-order valence-corrected chi connectivity index (χ2v) is 7.84. The van der Waals surface area contributed by atoms with Gasteiger partial charge >= 0.3 is 11.8 Å². The molecule has 0 spiro atoms. The van der Waals surface area contributed by atoms with Crippen LogP contribution in [0.2, 0.25) is 5.02 Å². The number of hydrogen-bond acceptors (Lipinski definition) is 4. The van der Waals surface area contributed by atoms with Crippen LogP contribution in [0, 0.1) is 6.92 Å². The molecule has 0 bridgehead atoms. The number of methoxy groups -OCH3 is 2. The van der Waals surface area contributed by atoms with Gasteiger partial charge in [0.25, 0.3) is 0 Å². The maximum Gasteiger partial charge on any atom is 0.313 e. The van der Waals surface area contributed by atoms with Gasteiger partial charge in [0.15, 0.2) is 11.5 Å². The van der Waals surface area contributed by atoms with E-state index in [1.165, 1.54) is 0 Å². The number of hydrogen-bond donors (Lipinski definition) is 2. The van der Waals surface area contributed by atoms with E-state index in [0.717, 1.165) is 11.1 Å². The van der Waals surface area contributed by atoms with Gasteiger partial charge < -0.3 is 20.1 Å². The minimum Gasteiger partial charge on any atom is -0.493 e. The number of halogens is 1. The second-order valence-electron chi connectivity index (χ2n) is 7.44. The van der Waals surface area contributed by atoms with E-state index in [0.29, 0.717) is 35.1 Å². The molecule has 2 aromatic rings. The van der Waals surface area contributed by atoms with E-state index in [1.54, 1.807) is 44.6 Å². The van der Waals surface area contributed by atoms with Gasteiger partial charge in [-0.25, -0.2) is 0 Å². The molecule has 0 radical (unpaired) electrons. The highest BCUT2D eigenvalue weighted by Gasteiger charge is 2.32. The Labute approximate surface area is 194 Å². The van der Waals surface area contributed by atoms with Crippen molar-refractivity contribution >= 4 is 29.1 Å². The van der Waals surface area contributed by atoms with Crippen molar-refractivity contribution in [3.63, 3.8) is 0 Å². The number of carbonyl (C=O) groups is 2. The van der Waals surface area contributed by atoms with Crippen LogP contribution in [0.1, 0.15) is 24.0 Å². The Hall–Kier alpha value is -3.25. The van der Waals surface area contributed by atoms with E-state index in [1.807, 2.05) is 25.1 Å². The molecule has 0 heterocycles. The van der Waals surface area contributed by atoms with Crippen molar-refractivity contribution in [2.45, 2.75) is 25.2 Å². The number of anilines is 1. The van der Waals surface area contributed by atoms with E-state index in [2.05, 4.69) is 23.8 Å². The highest BCUT2D eigenvalue weighted by molar-refractivity contribution is 6.40. The van der Waals surface area contributed by atoms with Crippen molar-refractivity contribution in [2.75, 3.05) is 26.1 Å². The zero-order valence-corrected chi connectivity index (χ0v) is 19.4. The molecule has 6 nitrogen and oxygen atoms in total. The van der Waals surface area contributed by atoms with Crippen LogP contribution in [0.3, 0.4) is 0 Å². The van der Waals surface area contributed by atoms with Crippen LogP contribution in [0.25, 0.3) is 0 Å². The minimum atomic E-state index is -0.775. The number of rotatable bonds is 10. The maximum absolute atomic E-state index is 12.6. The van der Waals surface area contributed by atoms with Crippen molar-refractivity contribution in [1.82, 2.24) is 5.32 Å². The van der Waals surface area contributed by atoms with Crippen molar-refractivity contribution in [3.05, 3.63) is 77.9 Å². The maximum atomic E-state index is 12.6. The van der Waals surface area contributed by atoms with Crippen molar-refractivity contribution < 1.29 is 19.1 Å². The molecule has 0 aliphatic rings. The molecule has 2 aromatic carbocycles. The molecule has 0 aliphatic carbocycles. The normalized spacial score (nSPS) is 10.8. The average molecular weight is 457 g/mol. The van der Waals surface area contributed by atoms with Gasteiger partial charge in [0.05, 0.1) is 14.2 Å². The Morgan fingerprint density at radius 3 is 2.22 bits per heavy atom. The molecule has 0 aromatic heterocycles. The predicted molar refractivity (Wildman–Crippen MR) is 129 cm³/mol. The van der Waals surface area contributed by atoms with Crippen LogP contribution in [-0.4, -0.2) is 32.6 Å². The first-order valence-corrected chi connectivity index (χ1v) is 10.5. The van der Waals surface area contributed by atoms with Crippen molar-refractivity contribution in [3.8, 4) is 11.5 Å². The highest BCUT2D eigenvalue weighted by atomic mass is 35.5. The summed E-state index contributed by atoms with van der Waals surface area (Å²) in [5, 5.41) is 5.83. The molecule has 170 valence electrons. The lowest BCUT2D eigenvalue weighted by Crippen LogP contribution is -2.44. The van der Waals surface area contributed by atoms with Gasteiger partial charge in [0.1, 0.15) is 0 Å². The lowest BCUT2D eigenvalue weighted by molar-refractivity contribution is -0.136. The summed E-state index contributed by atoms with van der Waals surface area (Å²) in [6.07, 6.45) is 4.65. The van der Waals surface area contributed by atoms with Crippen LogP contribution in [0.5, 0.6) is 11.5 Å². The van der Waals surface area contributed by atoms with E-state index >= 15 is 0 Å². The molecule has 0 aliphatic heterocycles. The fraction of sp³-hybridized carbons (Fsp3) is 0.280. The first-order chi connectivity index (χ1) is 15.3. The molecule has 2 amide bonds. The number of allylic oxidation sites excluding steroid dienone is 2. The zero-order chi connectivity index (χ0) is 23.7. The highest BCUT2D eigenvalue weighted by Crippen LogP contribution is 2.37. The van der Waals surface area contributed by atoms with Crippen LogP contribution in [-0.2, 0) is 15.0 Å². The van der Waals surface area contributed by atoms with Crippen LogP contribution >= 0.6 is 11.6 Å². The number of amides is 2. The predicted octanol–water partition coefficient (Wildman–Crippen LogP) is 4.81. The Morgan fingerprint density at radius 2 is 1.66 bits per heavy atom. The Morgan fingerprint density at radius 1 is 1.00 bits per heavy atom. The molecule has 0 fully saturated rings. The quantitative estimate of drug-likeness (QED) is 0.397. The number of ether oxygens (including phenoxy) is 2. The molecule has 32 heavy (non-hydrogen) atoms. The van der Waals surface area contributed by atoms with Gasteiger partial charge in [-0.1, -0.05) is 35.9 Å². The lowest BCUT2D eigenvalue weighted by atomic mass is 9.74. The van der Waals surface area contributed by atoms with Gasteiger partial charge in [-0.3, -0.25) is 9.59 Å². The summed E-state index contributed by atoms with van der Waals surface area (Å²) in [7, 11) is 3.13. The zero-order valence-electron chi connectivity index (χ0n) is 18.7. The van der Waals surface area contributed by atoms with Gasteiger partial charge in [-0.2, -0.15) is 0 Å². The Balaban J connectivity index is 2.23. The monoisotopic (exact) mass is 456 g/mol. The minimum absolute atomic E-state index is 0.196. The number of aryl methyl sites for hydroxylation is 1. The summed E-state index contributed by atoms with van der Waals surface area (Å²) >= 11 is 6.09. The van der Waals surface area contributed by atoms with E-state index in [-0.39, 0.29) is 6.54 Å². The average Bonchev–Trinajstić information content (AvgIpc) is 2.79. The van der Waals surface area contributed by atoms with E-state index < -0.39 is 17.2 Å². The van der Waals surface area contributed by atoms with Gasteiger partial charge in [0.2, 0.25) is 0 Å². The first-order valence-electron chi connectivity index (χ1n) is 10.1. The van der Waals surface area contributed by atoms with Crippen molar-refractivity contribution in [1.29, 1.82) is 0 Å². The van der Waals surface area contributed by atoms with E-state index in [4.69, 9.17) is 21.1 Å². The first kappa shape index (κ1) is 25.0. The molecule has 7 heteroatoms. The number of benzene rings is 2. The fourth-order valence-electron chi connectivity index (χ4n) is 3.47. The third kappa shape index (κ3) is 5.92. The summed E-state index contributed by atoms with van der Waals surface area (Å²) in [4.78, 5) is 25.0. The molecule has 0 unspecified atom stereocenters. The summed E-state index contributed by atoms with van der Waals surface area (Å²) < 4.78 is 10.8. The molecular weight excluding hydrogens is 428 g/mol. The van der Waals surface area contributed by atoms with Gasteiger partial charge in [0, 0.05) is 22.7 Å². The summed E-state index contributed by atoms with van der Waals surface area (Å²) in [6, 6.07) is 10.7. The van der Waals surface area contributed by atoms with Crippen molar-refractivity contribution in [2.24, 2.45) is 0 Å². The summed E-state index contributed by atoms with van der Waals surface area (Å²) in [5.41, 5.74) is 1.67. The smallest absolute Gasteiger partial charge is 0.313 e. The number of nitrogens with one attached hydrogen (secondary N) is 2. The SMILES string of the molecule is C=CCC(CC=C)(CNC(=O)C(=O)Nc1ccc(C)c(Cl)c1)c1ccc(OC)c(OC)c1. The molecule has 2 rings (SSSR count). The van der Waals surface area contributed by atoms with E-state index in [9.17, 15) is 9.59 Å². The topological polar surface area (TPSA) is 76.7 Å². The Bertz CT molecular complexity index is 993. The van der Waals surface area contributed by atoms with Gasteiger partial charge in [-0.05, 0) is 55.2 Å².